The van der Waals surface area contributed by atoms with Gasteiger partial charge >= 0.3 is 5.97 Å². The summed E-state index contributed by atoms with van der Waals surface area (Å²) in [5, 5.41) is 9.09. The molecule has 0 aromatic heterocycles. The van der Waals surface area contributed by atoms with Gasteiger partial charge in [-0.05, 0) is 36.9 Å². The van der Waals surface area contributed by atoms with Gasteiger partial charge in [0.1, 0.15) is 17.5 Å². The van der Waals surface area contributed by atoms with Crippen LogP contribution in [0.3, 0.4) is 0 Å². The maximum absolute atomic E-state index is 11.6. The molecule has 22 heavy (non-hydrogen) atoms. The number of benzene rings is 1. The Balaban J connectivity index is 1.51. The highest BCUT2D eigenvalue weighted by Crippen LogP contribution is 2.28. The third kappa shape index (κ3) is 3.30. The van der Waals surface area contributed by atoms with Crippen LogP contribution in [0, 0.1) is 11.8 Å². The van der Waals surface area contributed by atoms with E-state index < -0.39 is 11.9 Å². The van der Waals surface area contributed by atoms with Crippen LogP contribution in [0.25, 0.3) is 0 Å². The highest BCUT2D eigenvalue weighted by Gasteiger charge is 2.32. The van der Waals surface area contributed by atoms with Crippen LogP contribution < -0.4 is 4.74 Å². The number of likely N-dealkylation sites (tertiary alicyclic amines) is 1. The second kappa shape index (κ2) is 6.48. The first-order valence-corrected chi connectivity index (χ1v) is 7.82. The first kappa shape index (κ1) is 15.0. The highest BCUT2D eigenvalue weighted by atomic mass is 16.5. The van der Waals surface area contributed by atoms with Crippen LogP contribution in [-0.4, -0.2) is 48.0 Å². The molecule has 2 heterocycles. The van der Waals surface area contributed by atoms with Gasteiger partial charge in [0.2, 0.25) is 0 Å². The zero-order valence-corrected chi connectivity index (χ0v) is 12.5. The van der Waals surface area contributed by atoms with Crippen LogP contribution in [0.5, 0.6) is 5.75 Å². The van der Waals surface area contributed by atoms with Gasteiger partial charge in [-0.15, -0.1) is 0 Å². The molecule has 118 valence electrons. The van der Waals surface area contributed by atoms with Gasteiger partial charge in [-0.2, -0.15) is 0 Å². The standard InChI is InChI=1S/C17H21NO4/c19-15-6-8-18(10-14(15)17(20)21)7-5-12-9-13-3-1-2-4-16(13)22-11-12/h1-4,12,14H,5-11H2,(H,20,21). The number of fused-ring (bicyclic) bond motifs is 1. The Morgan fingerprint density at radius 2 is 2.18 bits per heavy atom. The van der Waals surface area contributed by atoms with Crippen LogP contribution >= 0.6 is 0 Å². The smallest absolute Gasteiger partial charge is 0.315 e. The van der Waals surface area contributed by atoms with Crippen molar-refractivity contribution in [3.8, 4) is 5.75 Å². The van der Waals surface area contributed by atoms with Gasteiger partial charge < -0.3 is 14.7 Å². The second-order valence-corrected chi connectivity index (χ2v) is 6.19. The zero-order chi connectivity index (χ0) is 15.5. The molecule has 2 unspecified atom stereocenters. The molecule has 3 rings (SSSR count). The lowest BCUT2D eigenvalue weighted by molar-refractivity contribution is -0.148. The molecule has 5 nitrogen and oxygen atoms in total. The molecule has 0 amide bonds. The number of carboxylic acids is 1. The SMILES string of the molecule is O=C(O)C1CN(CCC2COc3ccccc3C2)CCC1=O. The van der Waals surface area contributed by atoms with Gasteiger partial charge in [0.25, 0.3) is 0 Å². The Labute approximate surface area is 129 Å². The predicted octanol–water partition coefficient (Wildman–Crippen LogP) is 1.60. The van der Waals surface area contributed by atoms with Gasteiger partial charge in [0, 0.05) is 19.5 Å². The number of nitrogens with zero attached hydrogens (tertiary/aromatic N) is 1. The Hall–Kier alpha value is -1.88. The summed E-state index contributed by atoms with van der Waals surface area (Å²) in [6.07, 6.45) is 2.32. The summed E-state index contributed by atoms with van der Waals surface area (Å²) in [6.45, 7) is 2.56. The highest BCUT2D eigenvalue weighted by molar-refractivity contribution is 5.99. The van der Waals surface area contributed by atoms with Crippen LogP contribution in [0.2, 0.25) is 0 Å². The lowest BCUT2D eigenvalue weighted by Crippen LogP contribution is -2.45. The summed E-state index contributed by atoms with van der Waals surface area (Å²) in [4.78, 5) is 24.8. The van der Waals surface area contributed by atoms with E-state index in [9.17, 15) is 9.59 Å². The minimum Gasteiger partial charge on any atom is -0.493 e. The monoisotopic (exact) mass is 303 g/mol. The molecule has 0 spiro atoms. The number of hydrogen-bond acceptors (Lipinski definition) is 4. The number of hydrogen-bond donors (Lipinski definition) is 1. The summed E-state index contributed by atoms with van der Waals surface area (Å²) in [7, 11) is 0. The van der Waals surface area contributed by atoms with Crippen LogP contribution in [0.1, 0.15) is 18.4 Å². The van der Waals surface area contributed by atoms with Gasteiger partial charge in [-0.3, -0.25) is 9.59 Å². The Kier molecular flexibility index (Phi) is 4.43. The van der Waals surface area contributed by atoms with Gasteiger partial charge in [0.15, 0.2) is 0 Å². The normalized spacial score (nSPS) is 25.4. The number of aliphatic carboxylic acids is 1. The average Bonchev–Trinajstić information content (AvgIpc) is 2.53. The molecule has 1 aromatic rings. The number of ether oxygens (including phenoxy) is 1. The molecule has 2 aliphatic heterocycles. The van der Waals surface area contributed by atoms with Crippen molar-refractivity contribution in [2.24, 2.45) is 11.8 Å². The maximum Gasteiger partial charge on any atom is 0.315 e. The van der Waals surface area contributed by atoms with E-state index in [4.69, 9.17) is 9.84 Å². The quantitative estimate of drug-likeness (QED) is 0.856. The van der Waals surface area contributed by atoms with Crippen LogP contribution in [0.4, 0.5) is 0 Å². The Morgan fingerprint density at radius 3 is 3.00 bits per heavy atom. The lowest BCUT2D eigenvalue weighted by Gasteiger charge is -2.32. The number of carboxylic acid groups (broad SMARTS) is 1. The molecule has 0 aliphatic carbocycles. The van der Waals surface area contributed by atoms with Crippen molar-refractivity contribution in [1.82, 2.24) is 4.90 Å². The second-order valence-electron chi connectivity index (χ2n) is 6.19. The molecule has 2 atom stereocenters. The lowest BCUT2D eigenvalue weighted by atomic mass is 9.92. The summed E-state index contributed by atoms with van der Waals surface area (Å²) < 4.78 is 5.79. The van der Waals surface area contributed by atoms with E-state index in [0.29, 0.717) is 32.0 Å². The first-order valence-electron chi connectivity index (χ1n) is 7.82. The number of Topliss-reactive ketones (excluding diaryl/α,β-unsaturated/α-hetero) is 1. The number of carbonyl (C=O) groups excluding carboxylic acids is 1. The fraction of sp³-hybridized carbons (Fsp3) is 0.529. The largest absolute Gasteiger partial charge is 0.493 e. The van der Waals surface area contributed by atoms with E-state index in [2.05, 4.69) is 11.0 Å². The fourth-order valence-corrected chi connectivity index (χ4v) is 3.25. The predicted molar refractivity (Wildman–Crippen MR) is 80.9 cm³/mol. The van der Waals surface area contributed by atoms with Crippen molar-refractivity contribution in [3.05, 3.63) is 29.8 Å². The minimum absolute atomic E-state index is 0.140. The van der Waals surface area contributed by atoms with Crippen molar-refractivity contribution < 1.29 is 19.4 Å². The van der Waals surface area contributed by atoms with Crippen molar-refractivity contribution in [2.45, 2.75) is 19.3 Å². The number of rotatable bonds is 4. The summed E-state index contributed by atoms with van der Waals surface area (Å²) in [5.41, 5.74) is 1.25. The first-order chi connectivity index (χ1) is 10.6. The van der Waals surface area contributed by atoms with E-state index in [-0.39, 0.29) is 5.78 Å². The molecule has 1 fully saturated rings. The summed E-state index contributed by atoms with van der Waals surface area (Å²) >= 11 is 0. The fourth-order valence-electron chi connectivity index (χ4n) is 3.25. The molecule has 0 bridgehead atoms. The molecule has 2 aliphatic rings. The molecule has 0 radical (unpaired) electrons. The van der Waals surface area contributed by atoms with E-state index >= 15 is 0 Å². The number of carbonyl (C=O) groups is 2. The third-order valence-corrected chi connectivity index (χ3v) is 4.61. The van der Waals surface area contributed by atoms with E-state index in [1.807, 2.05) is 18.2 Å². The Bertz CT molecular complexity index is 572. The zero-order valence-electron chi connectivity index (χ0n) is 12.5. The van der Waals surface area contributed by atoms with Crippen LogP contribution in [0.15, 0.2) is 24.3 Å². The van der Waals surface area contributed by atoms with Crippen molar-refractivity contribution in [1.29, 1.82) is 0 Å². The van der Waals surface area contributed by atoms with Crippen molar-refractivity contribution >= 4 is 11.8 Å². The van der Waals surface area contributed by atoms with Crippen molar-refractivity contribution in [3.63, 3.8) is 0 Å². The van der Waals surface area contributed by atoms with Gasteiger partial charge in [0.05, 0.1) is 6.61 Å². The van der Waals surface area contributed by atoms with E-state index in [1.54, 1.807) is 0 Å². The molecule has 0 saturated carbocycles. The summed E-state index contributed by atoms with van der Waals surface area (Å²) in [6, 6.07) is 8.11. The maximum atomic E-state index is 11.6. The number of para-hydroxylation sites is 1. The number of piperidine rings is 1. The van der Waals surface area contributed by atoms with Gasteiger partial charge in [-0.1, -0.05) is 18.2 Å². The molecule has 1 aromatic carbocycles. The molecule has 5 heteroatoms. The van der Waals surface area contributed by atoms with E-state index in [0.717, 1.165) is 25.1 Å². The summed E-state index contributed by atoms with van der Waals surface area (Å²) in [5.74, 6) is -0.551. The Morgan fingerprint density at radius 1 is 1.36 bits per heavy atom. The minimum atomic E-state index is -0.996. The average molecular weight is 303 g/mol. The molecule has 1 saturated heterocycles. The van der Waals surface area contributed by atoms with Crippen molar-refractivity contribution in [2.75, 3.05) is 26.2 Å². The van der Waals surface area contributed by atoms with E-state index in [1.165, 1.54) is 5.56 Å². The topological polar surface area (TPSA) is 66.8 Å². The third-order valence-electron chi connectivity index (χ3n) is 4.61. The molecular formula is C17H21NO4. The molecule has 1 N–H and O–H groups in total. The molecular weight excluding hydrogens is 282 g/mol. The number of ketones is 1. The van der Waals surface area contributed by atoms with Crippen LogP contribution in [-0.2, 0) is 16.0 Å². The van der Waals surface area contributed by atoms with Gasteiger partial charge in [-0.25, -0.2) is 0 Å².